The number of carbonyl (C=O) groups is 3. The summed E-state index contributed by atoms with van der Waals surface area (Å²) in [4.78, 5) is 33.4. The van der Waals surface area contributed by atoms with Crippen LogP contribution in [0.5, 0.6) is 0 Å². The monoisotopic (exact) mass is 279 g/mol. The molecule has 0 spiro atoms. The van der Waals surface area contributed by atoms with E-state index in [0.29, 0.717) is 5.69 Å². The third-order valence-corrected chi connectivity index (χ3v) is 2.86. The molecule has 108 valence electrons. The number of primary amides is 1. The summed E-state index contributed by atoms with van der Waals surface area (Å²) in [5.74, 6) is -2.12. The first-order valence-corrected chi connectivity index (χ1v) is 5.96. The van der Waals surface area contributed by atoms with E-state index in [4.69, 9.17) is 10.8 Å². The Hall–Kier alpha value is -2.57. The van der Waals surface area contributed by atoms with Crippen molar-refractivity contribution in [3.05, 3.63) is 29.3 Å². The smallest absolute Gasteiger partial charge is 0.326 e. The number of rotatable bonds is 5. The van der Waals surface area contributed by atoms with Crippen molar-refractivity contribution < 1.29 is 19.5 Å². The van der Waals surface area contributed by atoms with Crippen molar-refractivity contribution in [1.29, 1.82) is 0 Å². The molecule has 20 heavy (non-hydrogen) atoms. The molecule has 1 rings (SSSR count). The number of carbonyl (C=O) groups excluding carboxylic acids is 2. The summed E-state index contributed by atoms with van der Waals surface area (Å²) >= 11 is 0. The van der Waals surface area contributed by atoms with Crippen molar-refractivity contribution in [2.45, 2.75) is 26.3 Å². The Morgan fingerprint density at radius 3 is 2.50 bits per heavy atom. The van der Waals surface area contributed by atoms with Gasteiger partial charge < -0.3 is 21.5 Å². The third kappa shape index (κ3) is 4.27. The maximum atomic E-state index is 11.7. The summed E-state index contributed by atoms with van der Waals surface area (Å²) in [6, 6.07) is 3.32. The largest absolute Gasteiger partial charge is 0.480 e. The van der Waals surface area contributed by atoms with Gasteiger partial charge in [-0.2, -0.15) is 0 Å². The Kier molecular flexibility index (Phi) is 5.08. The van der Waals surface area contributed by atoms with Crippen molar-refractivity contribution in [2.24, 2.45) is 5.73 Å². The van der Waals surface area contributed by atoms with Crippen LogP contribution < -0.4 is 16.4 Å². The molecule has 1 aromatic carbocycles. The summed E-state index contributed by atoms with van der Waals surface area (Å²) in [6.07, 6.45) is -0.463. The molecule has 0 aliphatic heterocycles. The number of hydrogen-bond donors (Lipinski definition) is 4. The van der Waals surface area contributed by atoms with Gasteiger partial charge >= 0.3 is 12.0 Å². The van der Waals surface area contributed by atoms with E-state index < -0.39 is 30.4 Å². The Morgan fingerprint density at radius 2 is 1.95 bits per heavy atom. The molecule has 0 bridgehead atoms. The Labute approximate surface area is 116 Å². The normalized spacial score (nSPS) is 11.5. The minimum Gasteiger partial charge on any atom is -0.480 e. The SMILES string of the molecule is Cc1cccc(NC(=O)N[C@@H](CC(N)=O)C(=O)O)c1C. The van der Waals surface area contributed by atoms with E-state index in [1.807, 2.05) is 19.9 Å². The number of anilines is 1. The summed E-state index contributed by atoms with van der Waals surface area (Å²) in [6.45, 7) is 3.73. The van der Waals surface area contributed by atoms with Crippen LogP contribution in [0.4, 0.5) is 10.5 Å². The minimum atomic E-state index is -1.35. The van der Waals surface area contributed by atoms with Crippen LogP contribution in [0.1, 0.15) is 17.5 Å². The molecule has 3 amide bonds. The summed E-state index contributed by atoms with van der Waals surface area (Å²) < 4.78 is 0. The lowest BCUT2D eigenvalue weighted by atomic mass is 10.1. The number of aliphatic carboxylic acids is 1. The van der Waals surface area contributed by atoms with Gasteiger partial charge in [-0.25, -0.2) is 9.59 Å². The van der Waals surface area contributed by atoms with Crippen LogP contribution in [0.2, 0.25) is 0 Å². The quantitative estimate of drug-likeness (QED) is 0.635. The van der Waals surface area contributed by atoms with Gasteiger partial charge in [0.05, 0.1) is 6.42 Å². The number of carboxylic acid groups (broad SMARTS) is 1. The average Bonchev–Trinajstić information content (AvgIpc) is 2.33. The van der Waals surface area contributed by atoms with Gasteiger partial charge in [0.15, 0.2) is 0 Å². The lowest BCUT2D eigenvalue weighted by molar-refractivity contribution is -0.140. The predicted octanol–water partition coefficient (Wildman–Crippen LogP) is 0.754. The molecule has 0 heterocycles. The van der Waals surface area contributed by atoms with Gasteiger partial charge in [-0.1, -0.05) is 12.1 Å². The maximum Gasteiger partial charge on any atom is 0.326 e. The molecule has 1 aromatic rings. The highest BCUT2D eigenvalue weighted by Gasteiger charge is 2.22. The number of benzene rings is 1. The Balaban J connectivity index is 2.73. The molecule has 0 unspecified atom stereocenters. The second kappa shape index (κ2) is 6.55. The number of nitrogens with two attached hydrogens (primary N) is 1. The van der Waals surface area contributed by atoms with Gasteiger partial charge in [0.1, 0.15) is 6.04 Å². The summed E-state index contributed by atoms with van der Waals surface area (Å²) in [5.41, 5.74) is 7.38. The van der Waals surface area contributed by atoms with Crippen LogP contribution in [-0.4, -0.2) is 29.1 Å². The first-order valence-electron chi connectivity index (χ1n) is 5.96. The molecule has 1 atom stereocenters. The van der Waals surface area contributed by atoms with Crippen LogP contribution in [0.15, 0.2) is 18.2 Å². The van der Waals surface area contributed by atoms with E-state index in [1.165, 1.54) is 0 Å². The van der Waals surface area contributed by atoms with Gasteiger partial charge in [0, 0.05) is 5.69 Å². The minimum absolute atomic E-state index is 0.463. The summed E-state index contributed by atoms with van der Waals surface area (Å²) in [5, 5.41) is 13.6. The number of nitrogens with one attached hydrogen (secondary N) is 2. The standard InChI is InChI=1S/C13H17N3O4/c1-7-4-3-5-9(8(7)2)15-13(20)16-10(12(18)19)6-11(14)17/h3-5,10H,6H2,1-2H3,(H2,14,17)(H,18,19)(H2,15,16,20)/t10-/m0/s1. The van der Waals surface area contributed by atoms with Crippen LogP contribution in [0, 0.1) is 13.8 Å². The molecule has 0 saturated heterocycles. The number of hydrogen-bond acceptors (Lipinski definition) is 3. The second-order valence-corrected chi connectivity index (χ2v) is 4.41. The zero-order valence-corrected chi connectivity index (χ0v) is 11.3. The van der Waals surface area contributed by atoms with E-state index in [1.54, 1.807) is 12.1 Å². The molecular formula is C13H17N3O4. The zero-order valence-electron chi connectivity index (χ0n) is 11.3. The van der Waals surface area contributed by atoms with Crippen LogP contribution in [0.3, 0.4) is 0 Å². The molecule has 0 aliphatic rings. The van der Waals surface area contributed by atoms with Crippen molar-refractivity contribution in [3.63, 3.8) is 0 Å². The van der Waals surface area contributed by atoms with E-state index in [9.17, 15) is 14.4 Å². The Bertz CT molecular complexity index is 542. The van der Waals surface area contributed by atoms with Gasteiger partial charge in [0.2, 0.25) is 5.91 Å². The molecule has 5 N–H and O–H groups in total. The highest BCUT2D eigenvalue weighted by Crippen LogP contribution is 2.17. The van der Waals surface area contributed by atoms with Crippen molar-refractivity contribution >= 4 is 23.6 Å². The van der Waals surface area contributed by atoms with Crippen molar-refractivity contribution in [2.75, 3.05) is 5.32 Å². The first kappa shape index (κ1) is 15.5. The van der Waals surface area contributed by atoms with Gasteiger partial charge in [-0.3, -0.25) is 4.79 Å². The molecule has 0 saturated carbocycles. The van der Waals surface area contributed by atoms with Crippen LogP contribution in [0.25, 0.3) is 0 Å². The van der Waals surface area contributed by atoms with Crippen molar-refractivity contribution in [1.82, 2.24) is 5.32 Å². The number of carboxylic acids is 1. The molecular weight excluding hydrogens is 262 g/mol. The van der Waals surface area contributed by atoms with Crippen molar-refractivity contribution in [3.8, 4) is 0 Å². The van der Waals surface area contributed by atoms with Gasteiger partial charge in [-0.05, 0) is 31.0 Å². The Morgan fingerprint density at radius 1 is 1.30 bits per heavy atom. The molecule has 7 nitrogen and oxygen atoms in total. The number of amides is 3. The highest BCUT2D eigenvalue weighted by atomic mass is 16.4. The van der Waals surface area contributed by atoms with Gasteiger partial charge in [-0.15, -0.1) is 0 Å². The molecule has 0 fully saturated rings. The fraction of sp³-hybridized carbons (Fsp3) is 0.308. The fourth-order valence-corrected chi connectivity index (χ4v) is 1.60. The number of urea groups is 1. The maximum absolute atomic E-state index is 11.7. The highest BCUT2D eigenvalue weighted by molar-refractivity contribution is 5.94. The lowest BCUT2D eigenvalue weighted by Crippen LogP contribution is -2.45. The van der Waals surface area contributed by atoms with Crippen LogP contribution in [-0.2, 0) is 9.59 Å². The predicted molar refractivity (Wildman–Crippen MR) is 73.3 cm³/mol. The topological polar surface area (TPSA) is 122 Å². The number of aryl methyl sites for hydroxylation is 1. The lowest BCUT2D eigenvalue weighted by Gasteiger charge is -2.15. The molecule has 7 heteroatoms. The zero-order chi connectivity index (χ0) is 15.3. The molecule has 0 aromatic heterocycles. The summed E-state index contributed by atoms with van der Waals surface area (Å²) in [7, 11) is 0. The van der Waals surface area contributed by atoms with E-state index in [2.05, 4.69) is 10.6 Å². The first-order chi connectivity index (χ1) is 9.31. The average molecular weight is 279 g/mol. The van der Waals surface area contributed by atoms with E-state index in [0.717, 1.165) is 11.1 Å². The fourth-order valence-electron chi connectivity index (χ4n) is 1.60. The second-order valence-electron chi connectivity index (χ2n) is 4.41. The van der Waals surface area contributed by atoms with E-state index in [-0.39, 0.29) is 0 Å². The molecule has 0 radical (unpaired) electrons. The molecule has 0 aliphatic carbocycles. The van der Waals surface area contributed by atoms with Gasteiger partial charge in [0.25, 0.3) is 0 Å². The van der Waals surface area contributed by atoms with Crippen LogP contribution >= 0.6 is 0 Å². The van der Waals surface area contributed by atoms with E-state index >= 15 is 0 Å². The third-order valence-electron chi connectivity index (χ3n) is 2.86.